The second-order valence-corrected chi connectivity index (χ2v) is 3.01. The molecule has 0 aromatic rings. The standard InChI is InChI=1S/C6H15NO3S/c1-2-3-6(7)4-5-10-11(8)9/h6H,2-5,7H2,1H3,(H,8,9)/p-1. The summed E-state index contributed by atoms with van der Waals surface area (Å²) in [6.07, 6.45) is 2.53. The monoisotopic (exact) mass is 180 g/mol. The van der Waals surface area contributed by atoms with Gasteiger partial charge in [0.25, 0.3) is 0 Å². The maximum Gasteiger partial charge on any atom is 0.0842 e. The fourth-order valence-electron chi connectivity index (χ4n) is 0.783. The van der Waals surface area contributed by atoms with Gasteiger partial charge in [-0.05, 0) is 12.8 Å². The minimum absolute atomic E-state index is 0.0588. The van der Waals surface area contributed by atoms with Crippen LogP contribution in [-0.4, -0.2) is 21.4 Å². The maximum absolute atomic E-state index is 9.88. The lowest BCUT2D eigenvalue weighted by molar-refractivity contribution is 0.283. The van der Waals surface area contributed by atoms with E-state index in [2.05, 4.69) is 4.18 Å². The summed E-state index contributed by atoms with van der Waals surface area (Å²) >= 11 is -2.39. The third kappa shape index (κ3) is 7.93. The van der Waals surface area contributed by atoms with Crippen LogP contribution in [0.3, 0.4) is 0 Å². The van der Waals surface area contributed by atoms with Crippen molar-refractivity contribution in [3.63, 3.8) is 0 Å². The molecule has 0 aromatic heterocycles. The zero-order valence-electron chi connectivity index (χ0n) is 6.62. The molecule has 0 amide bonds. The van der Waals surface area contributed by atoms with E-state index in [9.17, 15) is 8.76 Å². The number of hydrogen-bond acceptors (Lipinski definition) is 4. The third-order valence-corrected chi connectivity index (χ3v) is 1.69. The van der Waals surface area contributed by atoms with Gasteiger partial charge >= 0.3 is 0 Å². The summed E-state index contributed by atoms with van der Waals surface area (Å²) < 4.78 is 24.0. The molecule has 0 fully saturated rings. The highest BCUT2D eigenvalue weighted by Crippen LogP contribution is 1.98. The summed E-state index contributed by atoms with van der Waals surface area (Å²) in [4.78, 5) is 0. The summed E-state index contributed by atoms with van der Waals surface area (Å²) in [6, 6.07) is 0.0588. The lowest BCUT2D eigenvalue weighted by Gasteiger charge is -2.10. The first-order chi connectivity index (χ1) is 5.16. The van der Waals surface area contributed by atoms with Crippen molar-refractivity contribution in [2.75, 3.05) is 6.61 Å². The summed E-state index contributed by atoms with van der Waals surface area (Å²) in [5, 5.41) is 0. The molecule has 2 unspecified atom stereocenters. The van der Waals surface area contributed by atoms with Gasteiger partial charge in [-0.15, -0.1) is 0 Å². The van der Waals surface area contributed by atoms with E-state index in [0.29, 0.717) is 6.42 Å². The molecule has 0 spiro atoms. The molecule has 4 nitrogen and oxygen atoms in total. The van der Waals surface area contributed by atoms with Gasteiger partial charge in [0.1, 0.15) is 0 Å². The molecule has 0 aromatic carbocycles. The predicted molar refractivity (Wildman–Crippen MR) is 42.4 cm³/mol. The first-order valence-electron chi connectivity index (χ1n) is 3.65. The van der Waals surface area contributed by atoms with Gasteiger partial charge in [0.05, 0.1) is 18.0 Å². The first-order valence-corrected chi connectivity index (χ1v) is 4.65. The molecule has 0 saturated heterocycles. The minimum atomic E-state index is -2.39. The van der Waals surface area contributed by atoms with Crippen molar-refractivity contribution in [3.05, 3.63) is 0 Å². The predicted octanol–water partition coefficient (Wildman–Crippen LogP) is 0.315. The van der Waals surface area contributed by atoms with Gasteiger partial charge in [-0.3, -0.25) is 0 Å². The molecule has 0 aliphatic heterocycles. The average molecular weight is 180 g/mol. The zero-order chi connectivity index (χ0) is 8.69. The van der Waals surface area contributed by atoms with E-state index in [-0.39, 0.29) is 12.6 Å². The average Bonchev–Trinajstić information content (AvgIpc) is 1.87. The van der Waals surface area contributed by atoms with Gasteiger partial charge < -0.3 is 14.5 Å². The lowest BCUT2D eigenvalue weighted by atomic mass is 10.1. The molecule has 0 saturated carbocycles. The Balaban J connectivity index is 3.16. The minimum Gasteiger partial charge on any atom is -0.750 e. The van der Waals surface area contributed by atoms with Crippen LogP contribution in [0.25, 0.3) is 0 Å². The van der Waals surface area contributed by atoms with Gasteiger partial charge in [0, 0.05) is 6.04 Å². The van der Waals surface area contributed by atoms with E-state index in [1.807, 2.05) is 6.92 Å². The third-order valence-electron chi connectivity index (χ3n) is 1.33. The molecule has 2 N–H and O–H groups in total. The number of rotatable bonds is 6. The van der Waals surface area contributed by atoms with E-state index in [4.69, 9.17) is 5.73 Å². The zero-order valence-corrected chi connectivity index (χ0v) is 7.43. The van der Waals surface area contributed by atoms with E-state index < -0.39 is 11.4 Å². The van der Waals surface area contributed by atoms with Crippen LogP contribution in [0.15, 0.2) is 0 Å². The Morgan fingerprint density at radius 1 is 1.64 bits per heavy atom. The molecule has 11 heavy (non-hydrogen) atoms. The van der Waals surface area contributed by atoms with Crippen LogP contribution < -0.4 is 5.73 Å². The highest BCUT2D eigenvalue weighted by atomic mass is 32.2. The molecule has 5 heteroatoms. The van der Waals surface area contributed by atoms with Crippen LogP contribution in [0.4, 0.5) is 0 Å². The maximum atomic E-state index is 9.88. The van der Waals surface area contributed by atoms with Crippen LogP contribution in [0, 0.1) is 0 Å². The summed E-state index contributed by atoms with van der Waals surface area (Å²) in [5.74, 6) is 0. The molecule has 0 aliphatic carbocycles. The van der Waals surface area contributed by atoms with Crippen LogP contribution in [0.2, 0.25) is 0 Å². The molecule has 68 valence electrons. The Kier molecular flexibility index (Phi) is 6.74. The number of nitrogens with two attached hydrogens (primary N) is 1. The molecule has 0 rings (SSSR count). The van der Waals surface area contributed by atoms with Crippen LogP contribution in [-0.2, 0) is 15.5 Å². The topological polar surface area (TPSA) is 75.4 Å². The van der Waals surface area contributed by atoms with E-state index in [1.165, 1.54) is 0 Å². The summed E-state index contributed by atoms with van der Waals surface area (Å²) in [6.45, 7) is 2.23. The lowest BCUT2D eigenvalue weighted by Crippen LogP contribution is -2.21. The Bertz CT molecular complexity index is 120. The molecule has 0 bridgehead atoms. The summed E-state index contributed by atoms with van der Waals surface area (Å²) in [7, 11) is 0. The van der Waals surface area contributed by atoms with Crippen molar-refractivity contribution in [3.8, 4) is 0 Å². The van der Waals surface area contributed by atoms with Gasteiger partial charge in [0.15, 0.2) is 0 Å². The SMILES string of the molecule is CCCC(N)CCOS(=O)[O-]. The van der Waals surface area contributed by atoms with E-state index >= 15 is 0 Å². The van der Waals surface area contributed by atoms with Crippen LogP contribution >= 0.6 is 0 Å². The molecular weight excluding hydrogens is 166 g/mol. The van der Waals surface area contributed by atoms with Crippen LogP contribution in [0.5, 0.6) is 0 Å². The van der Waals surface area contributed by atoms with E-state index in [0.717, 1.165) is 12.8 Å². The molecule has 0 aliphatic rings. The molecule has 0 heterocycles. The fraction of sp³-hybridized carbons (Fsp3) is 1.00. The first kappa shape index (κ1) is 11.0. The highest BCUT2D eigenvalue weighted by Gasteiger charge is 1.99. The van der Waals surface area contributed by atoms with Gasteiger partial charge in [-0.2, -0.15) is 0 Å². The summed E-state index contributed by atoms with van der Waals surface area (Å²) in [5.41, 5.74) is 5.59. The second kappa shape index (κ2) is 6.72. The normalized spacial score (nSPS) is 16.3. The fourth-order valence-corrected chi connectivity index (χ4v) is 1.01. The van der Waals surface area contributed by atoms with Gasteiger partial charge in [-0.25, -0.2) is 4.21 Å². The smallest absolute Gasteiger partial charge is 0.0842 e. The van der Waals surface area contributed by atoms with Crippen molar-refractivity contribution in [1.82, 2.24) is 0 Å². The van der Waals surface area contributed by atoms with Crippen molar-refractivity contribution >= 4 is 11.4 Å². The Morgan fingerprint density at radius 3 is 2.73 bits per heavy atom. The van der Waals surface area contributed by atoms with Gasteiger partial charge in [0.2, 0.25) is 0 Å². The largest absolute Gasteiger partial charge is 0.750 e. The van der Waals surface area contributed by atoms with Crippen molar-refractivity contribution in [2.24, 2.45) is 5.73 Å². The van der Waals surface area contributed by atoms with Crippen molar-refractivity contribution < 1.29 is 12.9 Å². The Hall–Kier alpha value is 0.0300. The second-order valence-electron chi connectivity index (χ2n) is 2.36. The highest BCUT2D eigenvalue weighted by molar-refractivity contribution is 7.74. The van der Waals surface area contributed by atoms with Gasteiger partial charge in [-0.1, -0.05) is 13.3 Å². The quantitative estimate of drug-likeness (QED) is 0.597. The van der Waals surface area contributed by atoms with E-state index in [1.54, 1.807) is 0 Å². The Morgan fingerprint density at radius 2 is 2.27 bits per heavy atom. The molecular formula is C6H14NO3S-. The Labute approximate surface area is 69.6 Å². The molecule has 2 atom stereocenters. The van der Waals surface area contributed by atoms with Crippen molar-refractivity contribution in [1.29, 1.82) is 0 Å². The molecule has 0 radical (unpaired) electrons. The number of hydrogen-bond donors (Lipinski definition) is 1. The van der Waals surface area contributed by atoms with Crippen LogP contribution in [0.1, 0.15) is 26.2 Å². The van der Waals surface area contributed by atoms with Crippen molar-refractivity contribution in [2.45, 2.75) is 32.2 Å².